The van der Waals surface area contributed by atoms with Gasteiger partial charge in [-0.2, -0.15) is 4.73 Å². The SMILES string of the molecule is CC(C)(C)c1cccc(COn2ccccc2=O)c1. The fourth-order valence-electron chi connectivity index (χ4n) is 1.79. The van der Waals surface area contributed by atoms with Crippen molar-refractivity contribution in [3.63, 3.8) is 0 Å². The molecular weight excluding hydrogens is 238 g/mol. The fourth-order valence-corrected chi connectivity index (χ4v) is 1.79. The van der Waals surface area contributed by atoms with Crippen LogP contribution in [0.15, 0.2) is 53.5 Å². The van der Waals surface area contributed by atoms with E-state index in [1.54, 1.807) is 18.3 Å². The summed E-state index contributed by atoms with van der Waals surface area (Å²) in [6.07, 6.45) is 1.62. The van der Waals surface area contributed by atoms with Gasteiger partial charge in [0.1, 0.15) is 6.61 Å². The molecule has 0 aliphatic rings. The molecule has 0 saturated carbocycles. The lowest BCUT2D eigenvalue weighted by Crippen LogP contribution is -2.25. The molecule has 1 aromatic heterocycles. The molecule has 0 atom stereocenters. The molecule has 3 nitrogen and oxygen atoms in total. The van der Waals surface area contributed by atoms with Gasteiger partial charge in [0, 0.05) is 12.3 Å². The van der Waals surface area contributed by atoms with Crippen LogP contribution in [0.4, 0.5) is 0 Å². The number of hydrogen-bond donors (Lipinski definition) is 0. The van der Waals surface area contributed by atoms with Crippen LogP contribution in [-0.2, 0) is 12.0 Å². The number of rotatable bonds is 3. The summed E-state index contributed by atoms with van der Waals surface area (Å²) in [4.78, 5) is 17.0. The summed E-state index contributed by atoms with van der Waals surface area (Å²) in [5.74, 6) is 0. The van der Waals surface area contributed by atoms with Gasteiger partial charge in [-0.25, -0.2) is 0 Å². The summed E-state index contributed by atoms with van der Waals surface area (Å²) in [6.45, 7) is 6.91. The molecule has 19 heavy (non-hydrogen) atoms. The van der Waals surface area contributed by atoms with Gasteiger partial charge >= 0.3 is 0 Å². The maximum Gasteiger partial charge on any atom is 0.282 e. The molecule has 0 spiro atoms. The van der Waals surface area contributed by atoms with Gasteiger partial charge in [-0.1, -0.05) is 51.1 Å². The van der Waals surface area contributed by atoms with Crippen LogP contribution in [0, 0.1) is 0 Å². The highest BCUT2D eigenvalue weighted by molar-refractivity contribution is 5.28. The maximum absolute atomic E-state index is 11.5. The van der Waals surface area contributed by atoms with Crippen LogP contribution in [0.2, 0.25) is 0 Å². The number of nitrogens with zero attached hydrogens (tertiary/aromatic N) is 1. The molecule has 2 rings (SSSR count). The van der Waals surface area contributed by atoms with Gasteiger partial charge in [0.2, 0.25) is 0 Å². The molecule has 0 unspecified atom stereocenters. The molecule has 100 valence electrons. The summed E-state index contributed by atoms with van der Waals surface area (Å²) in [6, 6.07) is 13.2. The Morgan fingerprint density at radius 2 is 1.89 bits per heavy atom. The molecule has 0 amide bonds. The lowest BCUT2D eigenvalue weighted by molar-refractivity contribution is 0.0890. The summed E-state index contributed by atoms with van der Waals surface area (Å²) in [5.41, 5.74) is 2.27. The normalized spacial score (nSPS) is 11.3. The first kappa shape index (κ1) is 13.4. The zero-order valence-corrected chi connectivity index (χ0v) is 11.6. The highest BCUT2D eigenvalue weighted by atomic mass is 16.7. The Hall–Kier alpha value is -2.03. The van der Waals surface area contributed by atoms with Crippen molar-refractivity contribution in [3.05, 3.63) is 70.1 Å². The van der Waals surface area contributed by atoms with E-state index in [-0.39, 0.29) is 11.0 Å². The molecule has 0 N–H and O–H groups in total. The molecule has 0 bridgehead atoms. The van der Waals surface area contributed by atoms with E-state index < -0.39 is 0 Å². The Labute approximate surface area is 113 Å². The third-order valence-corrected chi connectivity index (χ3v) is 2.95. The average molecular weight is 257 g/mol. The van der Waals surface area contributed by atoms with Gasteiger partial charge in [-0.15, -0.1) is 0 Å². The Morgan fingerprint density at radius 1 is 1.11 bits per heavy atom. The van der Waals surface area contributed by atoms with Gasteiger partial charge in [-0.3, -0.25) is 4.79 Å². The molecular formula is C16H19NO2. The minimum absolute atomic E-state index is 0.111. The second-order valence-electron chi connectivity index (χ2n) is 5.59. The Morgan fingerprint density at radius 3 is 2.58 bits per heavy atom. The standard InChI is InChI=1S/C16H19NO2/c1-16(2,3)14-8-6-7-13(11-14)12-19-17-10-5-4-9-15(17)18/h4-11H,12H2,1-3H3. The minimum Gasteiger partial charge on any atom is -0.406 e. The molecule has 0 aliphatic heterocycles. The molecule has 2 aromatic rings. The Bertz CT molecular complexity index is 608. The predicted octanol–water partition coefficient (Wildman–Crippen LogP) is 2.77. The van der Waals surface area contributed by atoms with Crippen LogP contribution >= 0.6 is 0 Å². The van der Waals surface area contributed by atoms with E-state index in [2.05, 4.69) is 32.9 Å². The van der Waals surface area contributed by atoms with E-state index >= 15 is 0 Å². The van der Waals surface area contributed by atoms with E-state index in [0.29, 0.717) is 6.61 Å². The number of benzene rings is 1. The smallest absolute Gasteiger partial charge is 0.282 e. The van der Waals surface area contributed by atoms with Crippen molar-refractivity contribution in [2.24, 2.45) is 0 Å². The van der Waals surface area contributed by atoms with Gasteiger partial charge in [0.05, 0.1) is 0 Å². The largest absolute Gasteiger partial charge is 0.406 e. The molecule has 0 aliphatic carbocycles. The summed E-state index contributed by atoms with van der Waals surface area (Å²) >= 11 is 0. The van der Waals surface area contributed by atoms with Crippen molar-refractivity contribution in [3.8, 4) is 0 Å². The van der Waals surface area contributed by atoms with Gasteiger partial charge in [0.15, 0.2) is 0 Å². The number of hydrogen-bond acceptors (Lipinski definition) is 2. The lowest BCUT2D eigenvalue weighted by Gasteiger charge is -2.19. The van der Waals surface area contributed by atoms with Gasteiger partial charge in [0.25, 0.3) is 5.56 Å². The highest BCUT2D eigenvalue weighted by Crippen LogP contribution is 2.22. The molecule has 3 heteroatoms. The van der Waals surface area contributed by atoms with Crippen molar-refractivity contribution < 1.29 is 4.84 Å². The fraction of sp³-hybridized carbons (Fsp3) is 0.312. The molecule has 1 heterocycles. The summed E-state index contributed by atoms with van der Waals surface area (Å²) in [7, 11) is 0. The highest BCUT2D eigenvalue weighted by Gasteiger charge is 2.13. The Kier molecular flexibility index (Phi) is 3.74. The molecule has 1 aromatic carbocycles. The predicted molar refractivity (Wildman–Crippen MR) is 76.1 cm³/mol. The summed E-state index contributed by atoms with van der Waals surface area (Å²) < 4.78 is 1.25. The van der Waals surface area contributed by atoms with E-state index in [1.165, 1.54) is 16.4 Å². The molecule has 0 fully saturated rings. The van der Waals surface area contributed by atoms with Crippen LogP contribution in [0.5, 0.6) is 0 Å². The zero-order chi connectivity index (χ0) is 13.9. The third kappa shape index (κ3) is 3.47. The van der Waals surface area contributed by atoms with Crippen LogP contribution < -0.4 is 10.4 Å². The van der Waals surface area contributed by atoms with Crippen molar-refractivity contribution in [2.75, 3.05) is 0 Å². The first-order chi connectivity index (χ1) is 8.97. The van der Waals surface area contributed by atoms with Crippen molar-refractivity contribution in [1.82, 2.24) is 4.73 Å². The van der Waals surface area contributed by atoms with Crippen LogP contribution in [0.3, 0.4) is 0 Å². The van der Waals surface area contributed by atoms with Gasteiger partial charge in [-0.05, 0) is 22.6 Å². The number of pyridine rings is 1. The van der Waals surface area contributed by atoms with E-state index in [1.807, 2.05) is 12.1 Å². The van der Waals surface area contributed by atoms with E-state index in [9.17, 15) is 4.79 Å². The second kappa shape index (κ2) is 5.31. The van der Waals surface area contributed by atoms with Crippen molar-refractivity contribution in [2.45, 2.75) is 32.8 Å². The van der Waals surface area contributed by atoms with Crippen LogP contribution in [0.25, 0.3) is 0 Å². The van der Waals surface area contributed by atoms with Crippen LogP contribution in [0.1, 0.15) is 31.9 Å². The topological polar surface area (TPSA) is 31.2 Å². The van der Waals surface area contributed by atoms with Crippen molar-refractivity contribution >= 4 is 0 Å². The molecule has 0 saturated heterocycles. The van der Waals surface area contributed by atoms with Crippen molar-refractivity contribution in [1.29, 1.82) is 0 Å². The maximum atomic E-state index is 11.5. The van der Waals surface area contributed by atoms with E-state index in [4.69, 9.17) is 4.84 Å². The molecule has 0 radical (unpaired) electrons. The monoisotopic (exact) mass is 257 g/mol. The average Bonchev–Trinajstić information content (AvgIpc) is 2.37. The summed E-state index contributed by atoms with van der Waals surface area (Å²) in [5, 5.41) is 0. The van der Waals surface area contributed by atoms with E-state index in [0.717, 1.165) is 5.56 Å². The first-order valence-corrected chi connectivity index (χ1v) is 6.37. The van der Waals surface area contributed by atoms with Crippen LogP contribution in [-0.4, -0.2) is 4.73 Å². The quantitative estimate of drug-likeness (QED) is 0.846. The Balaban J connectivity index is 2.13. The first-order valence-electron chi connectivity index (χ1n) is 6.37. The third-order valence-electron chi connectivity index (χ3n) is 2.95. The number of aromatic nitrogens is 1. The minimum atomic E-state index is -0.158. The lowest BCUT2D eigenvalue weighted by atomic mass is 9.86. The second-order valence-corrected chi connectivity index (χ2v) is 5.59. The zero-order valence-electron chi connectivity index (χ0n) is 11.6. The van der Waals surface area contributed by atoms with Gasteiger partial charge < -0.3 is 4.84 Å².